The Hall–Kier alpha value is -9.76. The van der Waals surface area contributed by atoms with E-state index in [2.05, 4.69) is 301 Å². The normalized spacial score (nSPS) is 12.6. The Balaban J connectivity index is 0.929. The lowest BCUT2D eigenvalue weighted by molar-refractivity contribution is 0.768. The third-order valence-electron chi connectivity index (χ3n) is 16.0. The molecule has 0 unspecified atom stereocenters. The van der Waals surface area contributed by atoms with Gasteiger partial charge in [-0.1, -0.05) is 224 Å². The number of para-hydroxylation sites is 2. The number of hydrogen-bond donors (Lipinski definition) is 0. The van der Waals surface area contributed by atoms with Gasteiger partial charge in [0, 0.05) is 33.4 Å². The maximum Gasteiger partial charge on any atom is 0.0714 e. The molecule has 1 heterocycles. The third-order valence-corrected chi connectivity index (χ3v) is 16.0. The molecule has 14 aromatic rings. The van der Waals surface area contributed by atoms with Crippen molar-refractivity contribution in [3.63, 3.8) is 0 Å². The summed E-state index contributed by atoms with van der Waals surface area (Å²) in [4.78, 5) is 2.50. The van der Waals surface area contributed by atoms with Gasteiger partial charge < -0.3 is 9.47 Å². The Labute approximate surface area is 436 Å². The summed E-state index contributed by atoms with van der Waals surface area (Å²) < 4.78 is 2.38. The van der Waals surface area contributed by atoms with Gasteiger partial charge in [0.25, 0.3) is 0 Å². The number of hydrogen-bond acceptors (Lipinski definition) is 1. The molecule has 0 saturated heterocycles. The minimum atomic E-state index is -0.540. The van der Waals surface area contributed by atoms with Crippen molar-refractivity contribution in [2.45, 2.75) is 5.41 Å². The first-order chi connectivity index (χ1) is 37.2. The molecule has 1 aliphatic carbocycles. The van der Waals surface area contributed by atoms with Gasteiger partial charge in [-0.3, -0.25) is 0 Å². The molecule has 1 aromatic heterocycles. The van der Waals surface area contributed by atoms with Crippen molar-refractivity contribution in [3.05, 3.63) is 313 Å². The first kappa shape index (κ1) is 42.9. The van der Waals surface area contributed by atoms with Crippen LogP contribution in [0.1, 0.15) is 22.3 Å². The molecule has 0 N–H and O–H groups in total. The van der Waals surface area contributed by atoms with Gasteiger partial charge in [0.1, 0.15) is 0 Å². The van der Waals surface area contributed by atoms with Crippen LogP contribution in [-0.2, 0) is 5.41 Å². The Bertz CT molecular complexity index is 4440. The van der Waals surface area contributed by atoms with Crippen LogP contribution in [-0.4, -0.2) is 4.57 Å². The van der Waals surface area contributed by atoms with Gasteiger partial charge >= 0.3 is 0 Å². The number of anilines is 3. The largest absolute Gasteiger partial charge is 0.310 e. The van der Waals surface area contributed by atoms with Crippen LogP contribution in [0.5, 0.6) is 0 Å². The number of rotatable bonds is 8. The van der Waals surface area contributed by atoms with E-state index in [1.165, 1.54) is 98.6 Å². The fraction of sp³-hybridized carbons (Fsp3) is 0.0137. The van der Waals surface area contributed by atoms with E-state index in [1.807, 2.05) is 0 Å². The Morgan fingerprint density at radius 2 is 0.773 bits per heavy atom. The second kappa shape index (κ2) is 17.2. The summed E-state index contributed by atoms with van der Waals surface area (Å²) in [7, 11) is 0. The zero-order valence-electron chi connectivity index (χ0n) is 41.1. The van der Waals surface area contributed by atoms with E-state index in [0.717, 1.165) is 33.9 Å². The summed E-state index contributed by atoms with van der Waals surface area (Å²) >= 11 is 0. The standard InChI is InChI=1S/C73H48N2/c1-4-21-53(22-5-1)73(54-23-6-2-7-24-54)67-34-16-14-33-64(67)72-68(73)35-19-37-71(72)74(57-27-18-20-50(46-57)52-40-44-62-60-30-11-10-28-58(60)59-29-12-13-31-61(59)65(62)47-52)56-42-38-49(39-43-56)51-41-45-70-66(48-51)63-32-15-17-36-69(63)75(70)55-25-8-3-9-26-55/h1-48H. The summed E-state index contributed by atoms with van der Waals surface area (Å²) in [6, 6.07) is 108. The molecule has 1 aliphatic rings. The molecule has 75 heavy (non-hydrogen) atoms. The molecule has 0 radical (unpaired) electrons. The average molecular weight is 953 g/mol. The Morgan fingerprint density at radius 1 is 0.280 bits per heavy atom. The lowest BCUT2D eigenvalue weighted by Crippen LogP contribution is -2.28. The molecule has 0 atom stereocenters. The highest BCUT2D eigenvalue weighted by molar-refractivity contribution is 6.25. The second-order valence-electron chi connectivity index (χ2n) is 19.9. The lowest BCUT2D eigenvalue weighted by atomic mass is 9.68. The highest BCUT2D eigenvalue weighted by Gasteiger charge is 2.47. The first-order valence-corrected chi connectivity index (χ1v) is 26.0. The smallest absolute Gasteiger partial charge is 0.0714 e. The monoisotopic (exact) mass is 952 g/mol. The summed E-state index contributed by atoms with van der Waals surface area (Å²) in [6.07, 6.45) is 0. The van der Waals surface area contributed by atoms with Gasteiger partial charge in [-0.25, -0.2) is 0 Å². The van der Waals surface area contributed by atoms with Gasteiger partial charge in [0.05, 0.1) is 22.1 Å². The molecule has 0 aliphatic heterocycles. The van der Waals surface area contributed by atoms with E-state index >= 15 is 0 Å². The van der Waals surface area contributed by atoms with Gasteiger partial charge in [-0.05, 0) is 149 Å². The molecule has 0 bridgehead atoms. The molecular weight excluding hydrogens is 905 g/mol. The van der Waals surface area contributed by atoms with Crippen LogP contribution >= 0.6 is 0 Å². The summed E-state index contributed by atoms with van der Waals surface area (Å²) in [5, 5.41) is 10.1. The lowest BCUT2D eigenvalue weighted by Gasteiger charge is -2.34. The number of nitrogens with zero attached hydrogens (tertiary/aromatic N) is 2. The van der Waals surface area contributed by atoms with Crippen LogP contribution in [0.15, 0.2) is 291 Å². The molecule has 0 spiro atoms. The molecular formula is C73H48N2. The van der Waals surface area contributed by atoms with Crippen LogP contribution in [0.4, 0.5) is 17.1 Å². The average Bonchev–Trinajstić information content (AvgIpc) is 4.12. The predicted molar refractivity (Wildman–Crippen MR) is 316 cm³/mol. The SMILES string of the molecule is c1ccc(-n2c3ccccc3c3cc(-c4ccc(N(c5cccc(-c6ccc7c8ccccc8c8ccccc8c7c6)c5)c5cccc6c5-c5ccccc5C6(c5ccccc5)c5ccccc5)cc4)ccc32)cc1. The van der Waals surface area contributed by atoms with E-state index in [9.17, 15) is 0 Å². The van der Waals surface area contributed by atoms with E-state index in [1.54, 1.807) is 0 Å². The fourth-order valence-corrected chi connectivity index (χ4v) is 12.8. The number of aromatic nitrogens is 1. The van der Waals surface area contributed by atoms with Crippen molar-refractivity contribution in [1.82, 2.24) is 4.57 Å². The quantitative estimate of drug-likeness (QED) is 0.138. The van der Waals surface area contributed by atoms with Crippen molar-refractivity contribution in [3.8, 4) is 39.1 Å². The maximum absolute atomic E-state index is 2.50. The zero-order chi connectivity index (χ0) is 49.5. The maximum atomic E-state index is 2.50. The van der Waals surface area contributed by atoms with Crippen LogP contribution < -0.4 is 4.90 Å². The number of benzene rings is 13. The Kier molecular flexibility index (Phi) is 9.83. The van der Waals surface area contributed by atoms with E-state index in [0.29, 0.717) is 0 Å². The molecule has 2 heteroatoms. The van der Waals surface area contributed by atoms with Crippen molar-refractivity contribution in [2.24, 2.45) is 0 Å². The van der Waals surface area contributed by atoms with Gasteiger partial charge in [-0.15, -0.1) is 0 Å². The van der Waals surface area contributed by atoms with Crippen LogP contribution in [0.2, 0.25) is 0 Å². The van der Waals surface area contributed by atoms with E-state index in [4.69, 9.17) is 0 Å². The van der Waals surface area contributed by atoms with Crippen LogP contribution in [0.25, 0.3) is 93.2 Å². The minimum Gasteiger partial charge on any atom is -0.310 e. The third kappa shape index (κ3) is 6.60. The van der Waals surface area contributed by atoms with Crippen LogP contribution in [0.3, 0.4) is 0 Å². The van der Waals surface area contributed by atoms with Crippen molar-refractivity contribution >= 4 is 71.2 Å². The van der Waals surface area contributed by atoms with Crippen LogP contribution in [0, 0.1) is 0 Å². The topological polar surface area (TPSA) is 8.17 Å². The van der Waals surface area contributed by atoms with Crippen molar-refractivity contribution < 1.29 is 0 Å². The van der Waals surface area contributed by atoms with Gasteiger partial charge in [0.15, 0.2) is 0 Å². The predicted octanol–water partition coefficient (Wildman–Crippen LogP) is 19.4. The highest BCUT2D eigenvalue weighted by Crippen LogP contribution is 2.59. The molecule has 13 aromatic carbocycles. The first-order valence-electron chi connectivity index (χ1n) is 26.0. The molecule has 350 valence electrons. The number of fused-ring (bicyclic) bond motifs is 12. The molecule has 0 fully saturated rings. The van der Waals surface area contributed by atoms with E-state index < -0.39 is 5.41 Å². The molecule has 15 rings (SSSR count). The summed E-state index contributed by atoms with van der Waals surface area (Å²) in [5.41, 5.74) is 18.5. The van der Waals surface area contributed by atoms with Gasteiger partial charge in [-0.2, -0.15) is 0 Å². The molecule has 0 saturated carbocycles. The van der Waals surface area contributed by atoms with E-state index in [-0.39, 0.29) is 0 Å². The summed E-state index contributed by atoms with van der Waals surface area (Å²) in [6.45, 7) is 0. The molecule has 0 amide bonds. The zero-order valence-corrected chi connectivity index (χ0v) is 41.1. The van der Waals surface area contributed by atoms with Crippen molar-refractivity contribution in [2.75, 3.05) is 4.90 Å². The van der Waals surface area contributed by atoms with Crippen molar-refractivity contribution in [1.29, 1.82) is 0 Å². The summed E-state index contributed by atoms with van der Waals surface area (Å²) in [5.74, 6) is 0. The second-order valence-corrected chi connectivity index (χ2v) is 19.9. The molecule has 2 nitrogen and oxygen atoms in total. The fourth-order valence-electron chi connectivity index (χ4n) is 12.8. The minimum absolute atomic E-state index is 0.540. The highest BCUT2D eigenvalue weighted by atomic mass is 15.1. The van der Waals surface area contributed by atoms with Gasteiger partial charge in [0.2, 0.25) is 0 Å². The Morgan fingerprint density at radius 3 is 1.48 bits per heavy atom.